The van der Waals surface area contributed by atoms with Gasteiger partial charge in [-0.2, -0.15) is 0 Å². The van der Waals surface area contributed by atoms with Crippen molar-refractivity contribution in [1.29, 1.82) is 0 Å². The minimum Gasteiger partial charge on any atom is -0.462 e. The molecule has 434 valence electrons. The van der Waals surface area contributed by atoms with Crippen molar-refractivity contribution in [2.24, 2.45) is 0 Å². The molecule has 0 fully saturated rings. The minimum absolute atomic E-state index is 0.107. The van der Waals surface area contributed by atoms with Gasteiger partial charge in [-0.3, -0.25) is 14.4 Å². The van der Waals surface area contributed by atoms with Crippen molar-refractivity contribution in [3.05, 3.63) is 109 Å². The quantitative estimate of drug-likeness (QED) is 0.0261. The molecule has 0 aromatic heterocycles. The standard InChI is InChI=1S/C70H118O6/c1-4-7-10-13-16-19-22-25-27-29-31-33-34-35-37-38-40-42-45-48-51-54-57-60-63-69(72)75-66-67(65-74-68(71)62-59-56-53-50-47-44-24-21-18-15-12-9-6-3)76-70(73)64-61-58-55-52-49-46-43-41-39-36-32-30-28-26-23-20-17-14-11-8-5-2/h8-9,11-12,17-18,20-21,26,28,32,36,41,43-44,47,53,56,67H,4-7,10,13-16,19,22-25,27,29-31,33-35,37-40,42,45-46,48-52,54-55,57-66H2,1-3H3/b11-8-,12-9-,20-17-,21-18-,28-26-,36-32-,43-41-,47-44-,56-53-. The van der Waals surface area contributed by atoms with E-state index in [1.54, 1.807) is 0 Å². The van der Waals surface area contributed by atoms with Gasteiger partial charge in [-0.1, -0.05) is 297 Å². The van der Waals surface area contributed by atoms with Crippen LogP contribution >= 0.6 is 0 Å². The first-order valence-corrected chi connectivity index (χ1v) is 31.9. The normalized spacial score (nSPS) is 12.8. The molecule has 0 N–H and O–H groups in total. The highest BCUT2D eigenvalue weighted by Crippen LogP contribution is 2.17. The predicted octanol–water partition coefficient (Wildman–Crippen LogP) is 21.8. The fourth-order valence-corrected chi connectivity index (χ4v) is 8.84. The molecular formula is C70H118O6. The molecule has 0 aromatic rings. The van der Waals surface area contributed by atoms with Gasteiger partial charge < -0.3 is 14.2 Å². The lowest BCUT2D eigenvalue weighted by Crippen LogP contribution is -2.30. The van der Waals surface area contributed by atoms with E-state index >= 15 is 0 Å². The summed E-state index contributed by atoms with van der Waals surface area (Å²) in [6, 6.07) is 0. The zero-order chi connectivity index (χ0) is 55.0. The molecule has 0 rings (SSSR count). The average molecular weight is 1060 g/mol. The molecule has 0 aromatic carbocycles. The van der Waals surface area contributed by atoms with Gasteiger partial charge in [0.25, 0.3) is 0 Å². The van der Waals surface area contributed by atoms with Crippen LogP contribution in [0.4, 0.5) is 0 Å². The fourth-order valence-electron chi connectivity index (χ4n) is 8.84. The fraction of sp³-hybridized carbons (Fsp3) is 0.700. The monoisotopic (exact) mass is 1050 g/mol. The first-order chi connectivity index (χ1) is 37.5. The number of unbranched alkanes of at least 4 members (excludes halogenated alkanes) is 28. The van der Waals surface area contributed by atoms with Crippen molar-refractivity contribution < 1.29 is 28.6 Å². The Labute approximate surface area is 470 Å². The summed E-state index contributed by atoms with van der Waals surface area (Å²) in [6.07, 6.45) is 86.9. The molecule has 0 saturated heterocycles. The van der Waals surface area contributed by atoms with Crippen LogP contribution < -0.4 is 0 Å². The maximum absolute atomic E-state index is 12.9. The molecule has 0 radical (unpaired) electrons. The Hall–Kier alpha value is -3.93. The molecule has 1 unspecified atom stereocenters. The molecule has 0 aliphatic heterocycles. The molecule has 0 amide bonds. The van der Waals surface area contributed by atoms with Crippen molar-refractivity contribution in [1.82, 2.24) is 0 Å². The number of rotatable bonds is 57. The van der Waals surface area contributed by atoms with Gasteiger partial charge in [0.15, 0.2) is 6.10 Å². The lowest BCUT2D eigenvalue weighted by atomic mass is 10.0. The first-order valence-electron chi connectivity index (χ1n) is 31.9. The summed E-state index contributed by atoms with van der Waals surface area (Å²) in [4.78, 5) is 38.2. The van der Waals surface area contributed by atoms with Gasteiger partial charge in [0.1, 0.15) is 13.2 Å². The molecule has 0 heterocycles. The lowest BCUT2D eigenvalue weighted by molar-refractivity contribution is -0.166. The molecule has 0 aliphatic rings. The third kappa shape index (κ3) is 60.9. The smallest absolute Gasteiger partial charge is 0.306 e. The highest BCUT2D eigenvalue weighted by molar-refractivity contribution is 5.71. The highest BCUT2D eigenvalue weighted by Gasteiger charge is 2.19. The molecule has 0 spiro atoms. The van der Waals surface area contributed by atoms with E-state index in [9.17, 15) is 14.4 Å². The van der Waals surface area contributed by atoms with Gasteiger partial charge in [0.2, 0.25) is 0 Å². The Kier molecular flexibility index (Phi) is 60.3. The molecule has 0 bridgehead atoms. The SMILES string of the molecule is CC/C=C\C/C=C\C/C=C\C/C=C\C/C=C\CCCCCCCC(=O)OC(COC(=O)CC/C=C\C/C=C\C/C=C\C/C=C\CC)COC(=O)CCCCCCCCCCCCCCCCCCCCCCCCCC. The second-order valence-electron chi connectivity index (χ2n) is 20.9. The van der Waals surface area contributed by atoms with Gasteiger partial charge in [0.05, 0.1) is 0 Å². The Morgan fingerprint density at radius 2 is 0.539 bits per heavy atom. The van der Waals surface area contributed by atoms with Crippen LogP contribution in [0.5, 0.6) is 0 Å². The zero-order valence-electron chi connectivity index (χ0n) is 49.7. The Balaban J connectivity index is 4.38. The minimum atomic E-state index is -0.819. The van der Waals surface area contributed by atoms with Crippen molar-refractivity contribution in [3.8, 4) is 0 Å². The van der Waals surface area contributed by atoms with Gasteiger partial charge in [0, 0.05) is 19.3 Å². The number of carbonyl (C=O) groups is 3. The number of hydrogen-bond donors (Lipinski definition) is 0. The van der Waals surface area contributed by atoms with E-state index in [0.29, 0.717) is 19.3 Å². The molecule has 76 heavy (non-hydrogen) atoms. The number of carbonyl (C=O) groups excluding carboxylic acids is 3. The molecular weight excluding hydrogens is 937 g/mol. The summed E-state index contributed by atoms with van der Waals surface area (Å²) in [5.41, 5.74) is 0. The van der Waals surface area contributed by atoms with Crippen molar-refractivity contribution >= 4 is 17.9 Å². The van der Waals surface area contributed by atoms with Crippen LogP contribution in [0.2, 0.25) is 0 Å². The van der Waals surface area contributed by atoms with Crippen LogP contribution in [0.3, 0.4) is 0 Å². The maximum Gasteiger partial charge on any atom is 0.306 e. The van der Waals surface area contributed by atoms with Crippen LogP contribution in [-0.2, 0) is 28.6 Å². The number of esters is 3. The molecule has 0 saturated carbocycles. The second-order valence-corrected chi connectivity index (χ2v) is 20.9. The van der Waals surface area contributed by atoms with E-state index in [1.807, 2.05) is 6.08 Å². The average Bonchev–Trinajstić information content (AvgIpc) is 3.42. The predicted molar refractivity (Wildman–Crippen MR) is 330 cm³/mol. The second kappa shape index (κ2) is 63.6. The number of ether oxygens (including phenoxy) is 3. The van der Waals surface area contributed by atoms with Crippen molar-refractivity contribution in [2.45, 2.75) is 303 Å². The summed E-state index contributed by atoms with van der Waals surface area (Å²) in [5.74, 6) is -1.00. The van der Waals surface area contributed by atoms with Crippen LogP contribution in [-0.4, -0.2) is 37.2 Å². The largest absolute Gasteiger partial charge is 0.462 e. The van der Waals surface area contributed by atoms with E-state index in [0.717, 1.165) is 116 Å². The topological polar surface area (TPSA) is 78.9 Å². The van der Waals surface area contributed by atoms with Crippen LogP contribution in [0.1, 0.15) is 297 Å². The van der Waals surface area contributed by atoms with Crippen molar-refractivity contribution in [2.75, 3.05) is 13.2 Å². The Bertz CT molecular complexity index is 1540. The zero-order valence-corrected chi connectivity index (χ0v) is 49.7. The van der Waals surface area contributed by atoms with E-state index in [-0.39, 0.29) is 37.5 Å². The van der Waals surface area contributed by atoms with Crippen LogP contribution in [0, 0.1) is 0 Å². The van der Waals surface area contributed by atoms with Crippen LogP contribution in [0.15, 0.2) is 109 Å². The van der Waals surface area contributed by atoms with Gasteiger partial charge in [-0.05, 0) is 89.9 Å². The summed E-state index contributed by atoms with van der Waals surface area (Å²) in [7, 11) is 0. The number of allylic oxidation sites excluding steroid dienone is 18. The van der Waals surface area contributed by atoms with Crippen molar-refractivity contribution in [3.63, 3.8) is 0 Å². The highest BCUT2D eigenvalue weighted by atomic mass is 16.6. The molecule has 6 nitrogen and oxygen atoms in total. The Morgan fingerprint density at radius 3 is 0.882 bits per heavy atom. The third-order valence-electron chi connectivity index (χ3n) is 13.5. The third-order valence-corrected chi connectivity index (χ3v) is 13.5. The summed E-state index contributed by atoms with van der Waals surface area (Å²) in [5, 5.41) is 0. The first kappa shape index (κ1) is 72.1. The molecule has 6 heteroatoms. The summed E-state index contributed by atoms with van der Waals surface area (Å²) >= 11 is 0. The van der Waals surface area contributed by atoms with Gasteiger partial charge in [-0.25, -0.2) is 0 Å². The van der Waals surface area contributed by atoms with Crippen LogP contribution in [0.25, 0.3) is 0 Å². The van der Waals surface area contributed by atoms with Gasteiger partial charge in [-0.15, -0.1) is 0 Å². The Morgan fingerprint density at radius 1 is 0.276 bits per heavy atom. The van der Waals surface area contributed by atoms with E-state index in [4.69, 9.17) is 14.2 Å². The summed E-state index contributed by atoms with van der Waals surface area (Å²) < 4.78 is 16.8. The lowest BCUT2D eigenvalue weighted by Gasteiger charge is -2.18. The van der Waals surface area contributed by atoms with E-state index in [2.05, 4.69) is 124 Å². The maximum atomic E-state index is 12.9. The molecule has 0 aliphatic carbocycles. The van der Waals surface area contributed by atoms with E-state index in [1.165, 1.54) is 135 Å². The summed E-state index contributed by atoms with van der Waals surface area (Å²) in [6.45, 7) is 6.36. The van der Waals surface area contributed by atoms with E-state index < -0.39 is 6.10 Å². The van der Waals surface area contributed by atoms with Gasteiger partial charge >= 0.3 is 17.9 Å². The number of hydrogen-bond acceptors (Lipinski definition) is 6. The molecule has 1 atom stereocenters.